The van der Waals surface area contributed by atoms with E-state index in [0.717, 1.165) is 76.1 Å². The summed E-state index contributed by atoms with van der Waals surface area (Å²) in [6.45, 7) is 18.5. The zero-order valence-electron chi connectivity index (χ0n) is 21.7. The van der Waals surface area contributed by atoms with Crippen molar-refractivity contribution >= 4 is 23.2 Å². The Morgan fingerprint density at radius 2 is 1.13 bits per heavy atom. The Morgan fingerprint density at radius 3 is 1.53 bits per heavy atom. The molecule has 0 aromatic heterocycles. The maximum Gasteiger partial charge on any atom is 0.236 e. The lowest BCUT2D eigenvalue weighted by Crippen LogP contribution is -2.53. The first kappa shape index (κ1) is 25.9. The van der Waals surface area contributed by atoms with E-state index in [2.05, 4.69) is 32.5 Å². The van der Waals surface area contributed by atoms with Crippen molar-refractivity contribution in [1.29, 1.82) is 0 Å². The number of nitrogens with zero attached hydrogens (tertiary/aromatic N) is 4. The van der Waals surface area contributed by atoms with Gasteiger partial charge in [0.05, 0.1) is 26.2 Å². The minimum Gasteiger partial charge on any atom is -0.337 e. The molecule has 0 saturated carbocycles. The van der Waals surface area contributed by atoms with E-state index in [0.29, 0.717) is 25.2 Å². The van der Waals surface area contributed by atoms with Gasteiger partial charge in [0.2, 0.25) is 11.8 Å². The van der Waals surface area contributed by atoms with E-state index in [4.69, 9.17) is 13.1 Å². The average Bonchev–Trinajstić information content (AvgIpc) is 2.97. The lowest BCUT2D eigenvalue weighted by molar-refractivity contribution is -0.135. The number of carbonyl (C=O) groups excluding carboxylic acids is 2. The van der Waals surface area contributed by atoms with Crippen LogP contribution in [0.1, 0.15) is 35.1 Å². The monoisotopic (exact) mass is 510 g/mol. The third-order valence-electron chi connectivity index (χ3n) is 8.18. The van der Waals surface area contributed by atoms with Crippen LogP contribution in [0.3, 0.4) is 0 Å². The van der Waals surface area contributed by atoms with E-state index in [1.807, 2.05) is 34.1 Å². The van der Waals surface area contributed by atoms with Crippen LogP contribution in [-0.4, -0.2) is 73.0 Å². The lowest BCUT2D eigenvalue weighted by atomic mass is 9.87. The maximum atomic E-state index is 11.9. The van der Waals surface area contributed by atoms with E-state index in [9.17, 15) is 9.59 Å². The summed E-state index contributed by atoms with van der Waals surface area (Å²) in [5, 5.41) is 6.23. The quantitative estimate of drug-likeness (QED) is 0.610. The number of fused-ring (bicyclic) bond motifs is 2. The van der Waals surface area contributed by atoms with E-state index in [1.165, 1.54) is 22.3 Å². The molecule has 0 radical (unpaired) electrons. The number of piperazine rings is 2. The number of rotatable bonds is 2. The molecule has 2 amide bonds. The molecule has 4 aliphatic rings. The molecule has 2 N–H and O–H groups in total. The maximum absolute atomic E-state index is 11.9. The van der Waals surface area contributed by atoms with Crippen molar-refractivity contribution in [1.82, 2.24) is 20.4 Å². The van der Waals surface area contributed by atoms with Gasteiger partial charge in [-0.25, -0.2) is 9.69 Å². The second kappa shape index (κ2) is 11.8. The molecule has 8 nitrogen and oxygen atoms in total. The van der Waals surface area contributed by atoms with Gasteiger partial charge in [-0.3, -0.25) is 9.59 Å². The summed E-state index contributed by atoms with van der Waals surface area (Å²) in [6, 6.07) is 12.5. The van der Waals surface area contributed by atoms with Crippen LogP contribution in [0.2, 0.25) is 0 Å². The number of nitrogens with one attached hydrogen (secondary N) is 2. The molecule has 0 spiro atoms. The number of hydrogen-bond acceptors (Lipinski definition) is 4. The summed E-state index contributed by atoms with van der Waals surface area (Å²) in [7, 11) is 0. The number of aryl methyl sites for hydroxylation is 2. The molecule has 2 aliphatic heterocycles. The number of hydrogen-bond donors (Lipinski definition) is 2. The SMILES string of the molecule is [C-]#[N+]c1ccc2c(c1)CC[C@@H](N1CCNCC1=O)C2.[C-]#[N+]c1ccc2c(c1)CC[C@H](N1CCNCC1=O)C2. The van der Waals surface area contributed by atoms with Gasteiger partial charge in [-0.15, -0.1) is 0 Å². The number of carbonyl (C=O) groups is 2. The zero-order chi connectivity index (χ0) is 26.5. The molecule has 2 saturated heterocycles. The molecule has 38 heavy (non-hydrogen) atoms. The molecule has 2 aromatic carbocycles. The van der Waals surface area contributed by atoms with Gasteiger partial charge in [0.15, 0.2) is 11.4 Å². The highest BCUT2D eigenvalue weighted by Gasteiger charge is 2.30. The van der Waals surface area contributed by atoms with Gasteiger partial charge in [-0.1, -0.05) is 47.5 Å². The average molecular weight is 511 g/mol. The molecular formula is C30H34N6O2. The smallest absolute Gasteiger partial charge is 0.236 e. The summed E-state index contributed by atoms with van der Waals surface area (Å²) >= 11 is 0. The van der Waals surface area contributed by atoms with Gasteiger partial charge in [-0.2, -0.15) is 0 Å². The zero-order valence-corrected chi connectivity index (χ0v) is 21.7. The Hall–Kier alpha value is -3.72. The predicted molar refractivity (Wildman–Crippen MR) is 146 cm³/mol. The van der Waals surface area contributed by atoms with Gasteiger partial charge >= 0.3 is 0 Å². The minimum absolute atomic E-state index is 0.220. The summed E-state index contributed by atoms with van der Waals surface area (Å²) in [6.07, 6.45) is 5.83. The van der Waals surface area contributed by atoms with E-state index >= 15 is 0 Å². The molecule has 2 atom stereocenters. The molecule has 0 unspecified atom stereocenters. The summed E-state index contributed by atoms with van der Waals surface area (Å²) < 4.78 is 0. The molecule has 2 aliphatic carbocycles. The number of benzene rings is 2. The Bertz CT molecular complexity index is 1190. The van der Waals surface area contributed by atoms with Crippen LogP contribution >= 0.6 is 0 Å². The fourth-order valence-electron chi connectivity index (χ4n) is 6.13. The Morgan fingerprint density at radius 1 is 0.684 bits per heavy atom. The van der Waals surface area contributed by atoms with Crippen LogP contribution in [0.5, 0.6) is 0 Å². The van der Waals surface area contributed by atoms with E-state index in [1.54, 1.807) is 0 Å². The second-order valence-corrected chi connectivity index (χ2v) is 10.5. The second-order valence-electron chi connectivity index (χ2n) is 10.5. The lowest BCUT2D eigenvalue weighted by Gasteiger charge is -2.37. The highest BCUT2D eigenvalue weighted by molar-refractivity contribution is 5.80. The standard InChI is InChI=1S/2C15H17N3O/c2*1-16-13-4-2-12-9-14(5-3-11(12)8-13)18-7-6-17-10-15(18)19/h2*2,4,8,14,17H,3,5-7,9-10H2/t2*14-/m10/s1. The normalized spacial score (nSPS) is 22.8. The highest BCUT2D eigenvalue weighted by Crippen LogP contribution is 2.29. The minimum atomic E-state index is 0.220. The van der Waals surface area contributed by atoms with E-state index < -0.39 is 0 Å². The van der Waals surface area contributed by atoms with Crippen molar-refractivity contribution in [2.24, 2.45) is 0 Å². The molecule has 2 heterocycles. The summed E-state index contributed by atoms with van der Waals surface area (Å²) in [5.41, 5.74) is 6.61. The summed E-state index contributed by atoms with van der Waals surface area (Å²) in [4.78, 5) is 34.9. The molecule has 2 aromatic rings. The Kier molecular flexibility index (Phi) is 8.03. The first-order chi connectivity index (χ1) is 18.6. The summed E-state index contributed by atoms with van der Waals surface area (Å²) in [5.74, 6) is 0.440. The van der Waals surface area contributed by atoms with Gasteiger partial charge in [0.1, 0.15) is 0 Å². The van der Waals surface area contributed by atoms with E-state index in [-0.39, 0.29) is 11.8 Å². The molecule has 196 valence electrons. The molecule has 8 heteroatoms. The fourth-order valence-corrected chi connectivity index (χ4v) is 6.13. The van der Waals surface area contributed by atoms with Crippen molar-refractivity contribution in [2.75, 3.05) is 39.3 Å². The van der Waals surface area contributed by atoms with Crippen LogP contribution in [-0.2, 0) is 35.3 Å². The molecular weight excluding hydrogens is 476 g/mol. The van der Waals surface area contributed by atoms with Crippen molar-refractivity contribution < 1.29 is 9.59 Å². The van der Waals surface area contributed by atoms with Crippen molar-refractivity contribution in [3.8, 4) is 0 Å². The highest BCUT2D eigenvalue weighted by atomic mass is 16.2. The fraction of sp³-hybridized carbons (Fsp3) is 0.467. The first-order valence-electron chi connectivity index (χ1n) is 13.5. The van der Waals surface area contributed by atoms with Crippen molar-refractivity contribution in [3.05, 3.63) is 81.5 Å². The predicted octanol–water partition coefficient (Wildman–Crippen LogP) is 3.05. The molecule has 2 fully saturated rings. The largest absolute Gasteiger partial charge is 0.337 e. The van der Waals surface area contributed by atoms with Gasteiger partial charge in [0.25, 0.3) is 0 Å². The van der Waals surface area contributed by atoms with Gasteiger partial charge in [0, 0.05) is 38.3 Å². The Balaban J connectivity index is 0.000000155. The van der Waals surface area contributed by atoms with Gasteiger partial charge in [-0.05, 0) is 49.7 Å². The van der Waals surface area contributed by atoms with Crippen LogP contribution in [0.15, 0.2) is 36.4 Å². The van der Waals surface area contributed by atoms with Crippen LogP contribution < -0.4 is 10.6 Å². The van der Waals surface area contributed by atoms with Gasteiger partial charge < -0.3 is 20.4 Å². The third-order valence-corrected chi connectivity index (χ3v) is 8.18. The number of amides is 2. The third kappa shape index (κ3) is 5.72. The van der Waals surface area contributed by atoms with Crippen molar-refractivity contribution in [2.45, 2.75) is 50.6 Å². The first-order valence-corrected chi connectivity index (χ1v) is 13.5. The van der Waals surface area contributed by atoms with Crippen molar-refractivity contribution in [3.63, 3.8) is 0 Å². The van der Waals surface area contributed by atoms with Crippen LogP contribution in [0.4, 0.5) is 11.4 Å². The Labute approximate surface area is 224 Å². The van der Waals surface area contributed by atoms with Crippen LogP contribution in [0.25, 0.3) is 9.69 Å². The topological polar surface area (TPSA) is 73.4 Å². The molecule has 6 rings (SSSR count). The van der Waals surface area contributed by atoms with Crippen LogP contribution in [0, 0.1) is 13.1 Å². The molecule has 0 bridgehead atoms.